The van der Waals surface area contributed by atoms with Gasteiger partial charge in [0, 0.05) is 19.6 Å². The molecule has 0 radical (unpaired) electrons. The lowest BCUT2D eigenvalue weighted by atomic mass is 9.78. The second kappa shape index (κ2) is 8.89. The molecule has 2 aromatic carbocycles. The van der Waals surface area contributed by atoms with E-state index in [9.17, 15) is 4.79 Å². The first-order chi connectivity index (χ1) is 13.5. The highest BCUT2D eigenvalue weighted by Gasteiger charge is 2.49. The third kappa shape index (κ3) is 3.85. The molecule has 1 heterocycles. The van der Waals surface area contributed by atoms with Crippen molar-refractivity contribution in [1.82, 2.24) is 15.1 Å². The minimum absolute atomic E-state index is 0.0478. The molecule has 28 heavy (non-hydrogen) atoms. The molecule has 1 saturated heterocycles. The smallest absolute Gasteiger partial charge is 0.227 e. The second-order valence-electron chi connectivity index (χ2n) is 8.08. The maximum absolute atomic E-state index is 13.5. The minimum atomic E-state index is -0.0877. The SMILES string of the molecule is CC[C@@H](c1ccccc1)[C@@H](CNC)C(=O)N1CC(c2ccccc2)(N(C)C)C1. The van der Waals surface area contributed by atoms with Gasteiger partial charge in [0.1, 0.15) is 0 Å². The van der Waals surface area contributed by atoms with Gasteiger partial charge in [-0.15, -0.1) is 0 Å². The molecule has 1 aliphatic rings. The third-order valence-electron chi connectivity index (χ3n) is 6.28. The van der Waals surface area contributed by atoms with Crippen LogP contribution in [0.2, 0.25) is 0 Å². The number of carbonyl (C=O) groups is 1. The third-order valence-corrected chi connectivity index (χ3v) is 6.28. The number of benzene rings is 2. The topological polar surface area (TPSA) is 35.6 Å². The van der Waals surface area contributed by atoms with Gasteiger partial charge in [0.05, 0.1) is 11.5 Å². The van der Waals surface area contributed by atoms with Crippen molar-refractivity contribution in [2.24, 2.45) is 5.92 Å². The summed E-state index contributed by atoms with van der Waals surface area (Å²) in [6.07, 6.45) is 0.952. The zero-order chi connectivity index (χ0) is 20.1. The quantitative estimate of drug-likeness (QED) is 0.764. The molecular formula is C24H33N3O. The van der Waals surface area contributed by atoms with Gasteiger partial charge in [-0.25, -0.2) is 0 Å². The molecule has 2 aromatic rings. The van der Waals surface area contributed by atoms with E-state index in [1.807, 2.05) is 24.1 Å². The highest BCUT2D eigenvalue weighted by atomic mass is 16.2. The fraction of sp³-hybridized carbons (Fsp3) is 0.458. The molecule has 1 amide bonds. The van der Waals surface area contributed by atoms with Gasteiger partial charge in [-0.2, -0.15) is 0 Å². The summed E-state index contributed by atoms with van der Waals surface area (Å²) in [4.78, 5) is 17.8. The molecule has 0 saturated carbocycles. The minimum Gasteiger partial charge on any atom is -0.338 e. The van der Waals surface area contributed by atoms with E-state index in [-0.39, 0.29) is 23.3 Å². The van der Waals surface area contributed by atoms with Crippen LogP contribution in [0.4, 0.5) is 0 Å². The number of hydrogen-bond acceptors (Lipinski definition) is 3. The lowest BCUT2D eigenvalue weighted by Gasteiger charge is -2.55. The summed E-state index contributed by atoms with van der Waals surface area (Å²) in [5.74, 6) is 0.444. The first-order valence-corrected chi connectivity index (χ1v) is 10.2. The first kappa shape index (κ1) is 20.6. The molecule has 0 aliphatic carbocycles. The summed E-state index contributed by atoms with van der Waals surface area (Å²) >= 11 is 0. The normalized spacial score (nSPS) is 17.8. The van der Waals surface area contributed by atoms with Crippen LogP contribution in [0, 0.1) is 5.92 Å². The van der Waals surface area contributed by atoms with Gasteiger partial charge < -0.3 is 10.2 Å². The molecule has 0 bridgehead atoms. The van der Waals surface area contributed by atoms with E-state index in [0.29, 0.717) is 6.54 Å². The standard InChI is InChI=1S/C24H33N3O/c1-5-21(19-12-8-6-9-13-19)22(16-25-2)23(28)27-17-24(18-27,26(3)4)20-14-10-7-11-15-20/h6-15,21-22,25H,5,16-18H2,1-4H3/t21-,22+/m0/s1. The molecule has 1 fully saturated rings. The monoisotopic (exact) mass is 379 g/mol. The predicted octanol–water partition coefficient (Wildman–Crippen LogP) is 3.32. The van der Waals surface area contributed by atoms with Gasteiger partial charge in [0.25, 0.3) is 0 Å². The summed E-state index contributed by atoms with van der Waals surface area (Å²) in [6.45, 7) is 4.36. The van der Waals surface area contributed by atoms with Gasteiger partial charge in [0.15, 0.2) is 0 Å². The lowest BCUT2D eigenvalue weighted by Crippen LogP contribution is -2.68. The van der Waals surface area contributed by atoms with Crippen LogP contribution in [-0.2, 0) is 10.3 Å². The van der Waals surface area contributed by atoms with Crippen LogP contribution in [0.15, 0.2) is 60.7 Å². The Labute approximate surface area is 169 Å². The van der Waals surface area contributed by atoms with Crippen molar-refractivity contribution in [3.63, 3.8) is 0 Å². The molecule has 1 N–H and O–H groups in total. The summed E-state index contributed by atoms with van der Waals surface area (Å²) in [6, 6.07) is 21.0. The zero-order valence-corrected chi connectivity index (χ0v) is 17.6. The highest BCUT2D eigenvalue weighted by molar-refractivity contribution is 5.81. The van der Waals surface area contributed by atoms with Crippen molar-refractivity contribution >= 4 is 5.91 Å². The molecule has 4 heteroatoms. The number of nitrogens with one attached hydrogen (secondary N) is 1. The Kier molecular flexibility index (Phi) is 6.53. The van der Waals surface area contributed by atoms with E-state index in [1.165, 1.54) is 11.1 Å². The molecule has 0 unspecified atom stereocenters. The number of hydrogen-bond donors (Lipinski definition) is 1. The van der Waals surface area contributed by atoms with Crippen LogP contribution in [0.25, 0.3) is 0 Å². The van der Waals surface area contributed by atoms with E-state index < -0.39 is 0 Å². The van der Waals surface area contributed by atoms with Crippen molar-refractivity contribution in [2.45, 2.75) is 24.8 Å². The molecular weight excluding hydrogens is 346 g/mol. The molecule has 0 aromatic heterocycles. The maximum atomic E-state index is 13.5. The summed E-state index contributed by atoms with van der Waals surface area (Å²) < 4.78 is 0. The first-order valence-electron chi connectivity index (χ1n) is 10.2. The average Bonchev–Trinajstić information content (AvgIpc) is 2.68. The Morgan fingerprint density at radius 3 is 2.14 bits per heavy atom. The van der Waals surface area contributed by atoms with Crippen molar-refractivity contribution in [1.29, 1.82) is 0 Å². The van der Waals surface area contributed by atoms with E-state index in [4.69, 9.17) is 0 Å². The molecule has 2 atom stereocenters. The van der Waals surface area contributed by atoms with Crippen LogP contribution in [0.3, 0.4) is 0 Å². The largest absolute Gasteiger partial charge is 0.338 e. The number of rotatable bonds is 8. The Balaban J connectivity index is 1.80. The van der Waals surface area contributed by atoms with E-state index in [1.54, 1.807) is 0 Å². The lowest BCUT2D eigenvalue weighted by molar-refractivity contribution is -0.150. The number of likely N-dealkylation sites (N-methyl/N-ethyl adjacent to an activating group) is 1. The molecule has 150 valence electrons. The molecule has 4 nitrogen and oxygen atoms in total. The van der Waals surface area contributed by atoms with Gasteiger partial charge in [-0.3, -0.25) is 9.69 Å². The van der Waals surface area contributed by atoms with E-state index in [2.05, 4.69) is 79.8 Å². The Bertz CT molecular complexity index is 754. The fourth-order valence-corrected chi connectivity index (χ4v) is 4.52. The van der Waals surface area contributed by atoms with Gasteiger partial charge in [-0.1, -0.05) is 67.6 Å². The molecule has 3 rings (SSSR count). The molecule has 1 aliphatic heterocycles. The van der Waals surface area contributed by atoms with Crippen LogP contribution in [-0.4, -0.2) is 56.5 Å². The van der Waals surface area contributed by atoms with Crippen LogP contribution >= 0.6 is 0 Å². The van der Waals surface area contributed by atoms with Crippen molar-refractivity contribution < 1.29 is 4.79 Å². The number of likely N-dealkylation sites (tertiary alicyclic amines) is 1. The van der Waals surface area contributed by atoms with Crippen LogP contribution in [0.1, 0.15) is 30.4 Å². The van der Waals surface area contributed by atoms with Crippen molar-refractivity contribution in [2.75, 3.05) is 40.8 Å². The highest BCUT2D eigenvalue weighted by Crippen LogP contribution is 2.39. The zero-order valence-electron chi connectivity index (χ0n) is 17.6. The van der Waals surface area contributed by atoms with Gasteiger partial charge >= 0.3 is 0 Å². The van der Waals surface area contributed by atoms with E-state index >= 15 is 0 Å². The molecule has 0 spiro atoms. The van der Waals surface area contributed by atoms with Gasteiger partial charge in [-0.05, 0) is 44.6 Å². The number of amides is 1. The Morgan fingerprint density at radius 2 is 1.64 bits per heavy atom. The Morgan fingerprint density at radius 1 is 1.07 bits per heavy atom. The van der Waals surface area contributed by atoms with Crippen LogP contribution in [0.5, 0.6) is 0 Å². The average molecular weight is 380 g/mol. The van der Waals surface area contributed by atoms with Crippen LogP contribution < -0.4 is 5.32 Å². The van der Waals surface area contributed by atoms with Gasteiger partial charge in [0.2, 0.25) is 5.91 Å². The summed E-state index contributed by atoms with van der Waals surface area (Å²) in [5, 5.41) is 3.25. The summed E-state index contributed by atoms with van der Waals surface area (Å²) in [5.41, 5.74) is 2.45. The maximum Gasteiger partial charge on any atom is 0.227 e. The van der Waals surface area contributed by atoms with E-state index in [0.717, 1.165) is 19.5 Å². The Hall–Kier alpha value is -2.17. The predicted molar refractivity (Wildman–Crippen MR) is 115 cm³/mol. The summed E-state index contributed by atoms with van der Waals surface area (Å²) in [7, 11) is 6.15. The second-order valence-corrected chi connectivity index (χ2v) is 8.08. The number of carbonyl (C=O) groups excluding carboxylic acids is 1. The van der Waals surface area contributed by atoms with Crippen molar-refractivity contribution in [3.05, 3.63) is 71.8 Å². The fourth-order valence-electron chi connectivity index (χ4n) is 4.52. The van der Waals surface area contributed by atoms with Crippen molar-refractivity contribution in [3.8, 4) is 0 Å². The number of nitrogens with zero attached hydrogens (tertiary/aromatic N) is 2.